The summed E-state index contributed by atoms with van der Waals surface area (Å²) in [5.41, 5.74) is 9.69. The lowest BCUT2D eigenvalue weighted by molar-refractivity contribution is -0.115. The number of aryl methyl sites for hydroxylation is 1. The van der Waals surface area contributed by atoms with E-state index in [1.54, 1.807) is 11.4 Å². The molecule has 2 aromatic heterocycles. The number of thiophene rings is 1. The molecular formula is C22H20N4O2S2. The molecule has 0 saturated carbocycles. The van der Waals surface area contributed by atoms with Crippen LogP contribution in [0.25, 0.3) is 16.7 Å². The van der Waals surface area contributed by atoms with Crippen LogP contribution in [0.15, 0.2) is 65.1 Å². The summed E-state index contributed by atoms with van der Waals surface area (Å²) >= 11 is 2.64. The molecule has 2 aromatic carbocycles. The molecule has 152 valence electrons. The number of primary amides is 1. The summed E-state index contributed by atoms with van der Waals surface area (Å²) in [6, 6.07) is 17.7. The van der Waals surface area contributed by atoms with E-state index in [2.05, 4.69) is 22.0 Å². The number of hydrogen-bond acceptors (Lipinski definition) is 5. The van der Waals surface area contributed by atoms with Gasteiger partial charge in [0.25, 0.3) is 5.91 Å². The number of hydrogen-bond donors (Lipinski definition) is 2. The van der Waals surface area contributed by atoms with Crippen LogP contribution in [0.1, 0.15) is 22.8 Å². The summed E-state index contributed by atoms with van der Waals surface area (Å²) in [5.74, 6) is -0.777. The molecule has 1 atom stereocenters. The lowest BCUT2D eigenvalue weighted by Crippen LogP contribution is -2.24. The summed E-state index contributed by atoms with van der Waals surface area (Å²) < 4.78 is 2.06. The number of aromatic nitrogens is 2. The Bertz CT molecular complexity index is 1230. The molecule has 30 heavy (non-hydrogen) atoms. The van der Waals surface area contributed by atoms with Gasteiger partial charge >= 0.3 is 0 Å². The second kappa shape index (κ2) is 8.33. The number of rotatable bonds is 6. The van der Waals surface area contributed by atoms with Crippen molar-refractivity contribution < 1.29 is 9.59 Å². The van der Waals surface area contributed by atoms with Gasteiger partial charge in [0.2, 0.25) is 5.91 Å². The minimum absolute atomic E-state index is 0.215. The first-order chi connectivity index (χ1) is 14.4. The number of nitrogens with two attached hydrogens (primary N) is 1. The largest absolute Gasteiger partial charge is 0.366 e. The first kappa shape index (κ1) is 20.2. The summed E-state index contributed by atoms with van der Waals surface area (Å²) in [6.45, 7) is 3.86. The number of anilines is 1. The van der Waals surface area contributed by atoms with Crippen LogP contribution >= 0.6 is 23.1 Å². The third kappa shape index (κ3) is 3.96. The number of thioether (sulfide) groups is 1. The number of para-hydroxylation sites is 2. The van der Waals surface area contributed by atoms with Crippen molar-refractivity contribution in [1.82, 2.24) is 9.55 Å². The zero-order valence-electron chi connectivity index (χ0n) is 16.5. The number of amides is 2. The van der Waals surface area contributed by atoms with E-state index in [4.69, 9.17) is 10.7 Å². The van der Waals surface area contributed by atoms with Crippen LogP contribution < -0.4 is 11.1 Å². The Kier molecular flexibility index (Phi) is 5.61. The fraction of sp³-hybridized carbons (Fsp3) is 0.136. The molecule has 2 amide bonds. The molecule has 8 heteroatoms. The topological polar surface area (TPSA) is 90.0 Å². The van der Waals surface area contributed by atoms with E-state index in [0.29, 0.717) is 10.6 Å². The highest BCUT2D eigenvalue weighted by Gasteiger charge is 2.22. The maximum Gasteiger partial charge on any atom is 0.251 e. The lowest BCUT2D eigenvalue weighted by atomic mass is 10.2. The van der Waals surface area contributed by atoms with E-state index in [0.717, 1.165) is 21.9 Å². The van der Waals surface area contributed by atoms with Gasteiger partial charge in [-0.3, -0.25) is 14.2 Å². The van der Waals surface area contributed by atoms with E-state index < -0.39 is 11.2 Å². The van der Waals surface area contributed by atoms with Gasteiger partial charge in [-0.25, -0.2) is 4.98 Å². The number of imidazole rings is 1. The third-order valence-corrected chi connectivity index (χ3v) is 6.52. The molecule has 0 aliphatic heterocycles. The van der Waals surface area contributed by atoms with Crippen molar-refractivity contribution in [2.45, 2.75) is 24.3 Å². The fourth-order valence-corrected chi connectivity index (χ4v) is 4.79. The molecule has 0 aliphatic carbocycles. The highest BCUT2D eigenvalue weighted by Crippen LogP contribution is 2.31. The molecule has 0 bridgehead atoms. The summed E-state index contributed by atoms with van der Waals surface area (Å²) in [7, 11) is 0. The van der Waals surface area contributed by atoms with E-state index in [9.17, 15) is 9.59 Å². The second-order valence-electron chi connectivity index (χ2n) is 6.83. The second-order valence-corrected chi connectivity index (χ2v) is 9.06. The monoisotopic (exact) mass is 436 g/mol. The number of carbonyl (C=O) groups is 2. The van der Waals surface area contributed by atoms with Crippen LogP contribution in [-0.2, 0) is 4.79 Å². The Balaban J connectivity index is 1.64. The first-order valence-corrected chi connectivity index (χ1v) is 11.1. The average Bonchev–Trinajstić information content (AvgIpc) is 3.33. The third-order valence-electron chi connectivity index (χ3n) is 4.64. The Morgan fingerprint density at radius 1 is 1.13 bits per heavy atom. The first-order valence-electron chi connectivity index (χ1n) is 9.33. The van der Waals surface area contributed by atoms with E-state index in [1.807, 2.05) is 50.2 Å². The van der Waals surface area contributed by atoms with Crippen molar-refractivity contribution in [3.05, 3.63) is 71.1 Å². The minimum Gasteiger partial charge on any atom is -0.366 e. The van der Waals surface area contributed by atoms with Crippen LogP contribution in [0, 0.1) is 6.92 Å². The van der Waals surface area contributed by atoms with Gasteiger partial charge in [0.1, 0.15) is 5.00 Å². The standard InChI is InChI=1S/C22H20N4O2S2/c1-13-7-9-15(10-8-13)26-18-6-4-3-5-17(18)24-22(26)30-14(2)20(28)25-21-16(19(23)27)11-12-29-21/h3-12,14H,1-2H3,(H2,23,27)(H,25,28). The molecule has 0 saturated heterocycles. The average molecular weight is 437 g/mol. The predicted octanol–water partition coefficient (Wildman–Crippen LogP) is 4.61. The number of carbonyl (C=O) groups excluding carboxylic acids is 2. The van der Waals surface area contributed by atoms with Crippen molar-refractivity contribution in [1.29, 1.82) is 0 Å². The lowest BCUT2D eigenvalue weighted by Gasteiger charge is -2.14. The molecule has 0 radical (unpaired) electrons. The molecule has 4 aromatic rings. The van der Waals surface area contributed by atoms with Crippen LogP contribution in [0.4, 0.5) is 5.00 Å². The summed E-state index contributed by atoms with van der Waals surface area (Å²) in [6.07, 6.45) is 0. The van der Waals surface area contributed by atoms with Crippen LogP contribution in [-0.4, -0.2) is 26.6 Å². The molecular weight excluding hydrogens is 416 g/mol. The molecule has 2 heterocycles. The Labute approximate surface area is 182 Å². The van der Waals surface area contributed by atoms with Gasteiger partial charge in [0.05, 0.1) is 21.8 Å². The van der Waals surface area contributed by atoms with E-state index >= 15 is 0 Å². The van der Waals surface area contributed by atoms with Crippen molar-refractivity contribution in [3.8, 4) is 5.69 Å². The van der Waals surface area contributed by atoms with Gasteiger partial charge in [0, 0.05) is 5.69 Å². The molecule has 4 rings (SSSR count). The smallest absolute Gasteiger partial charge is 0.251 e. The van der Waals surface area contributed by atoms with Crippen molar-refractivity contribution in [2.24, 2.45) is 5.73 Å². The van der Waals surface area contributed by atoms with Gasteiger partial charge in [-0.05, 0) is 49.6 Å². The van der Waals surface area contributed by atoms with Crippen molar-refractivity contribution in [2.75, 3.05) is 5.32 Å². The van der Waals surface area contributed by atoms with Gasteiger partial charge in [-0.1, -0.05) is 41.6 Å². The SMILES string of the molecule is Cc1ccc(-n2c(SC(C)C(=O)Nc3sccc3C(N)=O)nc3ccccc32)cc1. The molecule has 6 nitrogen and oxygen atoms in total. The maximum absolute atomic E-state index is 12.8. The zero-order chi connectivity index (χ0) is 21.3. The summed E-state index contributed by atoms with van der Waals surface area (Å²) in [4.78, 5) is 29.0. The van der Waals surface area contributed by atoms with Crippen molar-refractivity contribution in [3.63, 3.8) is 0 Å². The highest BCUT2D eigenvalue weighted by atomic mass is 32.2. The number of benzene rings is 2. The predicted molar refractivity (Wildman–Crippen MR) is 123 cm³/mol. The van der Waals surface area contributed by atoms with Gasteiger partial charge in [-0.2, -0.15) is 0 Å². The number of fused-ring (bicyclic) bond motifs is 1. The molecule has 0 aliphatic rings. The van der Waals surface area contributed by atoms with Crippen LogP contribution in [0.2, 0.25) is 0 Å². The Hall–Kier alpha value is -3.10. The minimum atomic E-state index is -0.562. The fourth-order valence-electron chi connectivity index (χ4n) is 3.05. The van der Waals surface area contributed by atoms with E-state index in [1.165, 1.54) is 28.7 Å². The number of nitrogens with zero attached hydrogens (tertiary/aromatic N) is 2. The Morgan fingerprint density at radius 2 is 1.87 bits per heavy atom. The molecule has 0 spiro atoms. The van der Waals surface area contributed by atoms with Gasteiger partial charge < -0.3 is 11.1 Å². The van der Waals surface area contributed by atoms with Gasteiger partial charge in [-0.15, -0.1) is 11.3 Å². The molecule has 1 unspecified atom stereocenters. The van der Waals surface area contributed by atoms with Crippen LogP contribution in [0.5, 0.6) is 0 Å². The maximum atomic E-state index is 12.8. The Morgan fingerprint density at radius 3 is 2.60 bits per heavy atom. The number of nitrogens with one attached hydrogen (secondary N) is 1. The van der Waals surface area contributed by atoms with Crippen LogP contribution in [0.3, 0.4) is 0 Å². The van der Waals surface area contributed by atoms with Gasteiger partial charge in [0.15, 0.2) is 5.16 Å². The molecule has 0 fully saturated rings. The molecule has 3 N–H and O–H groups in total. The van der Waals surface area contributed by atoms with E-state index in [-0.39, 0.29) is 5.91 Å². The van der Waals surface area contributed by atoms with Crippen molar-refractivity contribution >= 4 is 50.9 Å². The normalized spacial score (nSPS) is 12.1. The zero-order valence-corrected chi connectivity index (χ0v) is 18.1. The summed E-state index contributed by atoms with van der Waals surface area (Å²) in [5, 5.41) is 5.29. The quantitative estimate of drug-likeness (QED) is 0.432. The highest BCUT2D eigenvalue weighted by molar-refractivity contribution is 8.00.